The number of ether oxygens (including phenoxy) is 3. The Bertz CT molecular complexity index is 170. The summed E-state index contributed by atoms with van der Waals surface area (Å²) in [4.78, 5) is 10.9. The zero-order chi connectivity index (χ0) is 9.84. The second-order valence-corrected chi connectivity index (χ2v) is 3.34. The van der Waals surface area contributed by atoms with Crippen molar-refractivity contribution in [2.24, 2.45) is 0 Å². The van der Waals surface area contributed by atoms with Gasteiger partial charge < -0.3 is 14.2 Å². The third-order valence-electron chi connectivity index (χ3n) is 1.99. The lowest BCUT2D eigenvalue weighted by atomic mass is 10.1. The molecule has 1 heterocycles. The Kier molecular flexibility index (Phi) is 3.69. The molecule has 13 heavy (non-hydrogen) atoms. The van der Waals surface area contributed by atoms with Crippen LogP contribution in [0.2, 0.25) is 0 Å². The van der Waals surface area contributed by atoms with E-state index in [2.05, 4.69) is 4.74 Å². The molecular formula is C9H16O4. The predicted octanol–water partition coefficient (Wildman–Crippen LogP) is 1.09. The van der Waals surface area contributed by atoms with E-state index < -0.39 is 6.29 Å². The van der Waals surface area contributed by atoms with Crippen LogP contribution < -0.4 is 0 Å². The lowest BCUT2D eigenvalue weighted by molar-refractivity contribution is -0.237. The van der Waals surface area contributed by atoms with Gasteiger partial charge in [-0.1, -0.05) is 0 Å². The Balaban J connectivity index is 2.37. The summed E-state index contributed by atoms with van der Waals surface area (Å²) in [6.45, 7) is 3.95. The Labute approximate surface area is 78.2 Å². The van der Waals surface area contributed by atoms with Crippen LogP contribution in [0.15, 0.2) is 0 Å². The zero-order valence-electron chi connectivity index (χ0n) is 8.28. The van der Waals surface area contributed by atoms with Crippen LogP contribution in [-0.4, -0.2) is 31.6 Å². The number of rotatable bonds is 2. The first kappa shape index (κ1) is 10.5. The molecule has 0 amide bonds. The van der Waals surface area contributed by atoms with Crippen LogP contribution in [0.25, 0.3) is 0 Å². The molecule has 1 aliphatic heterocycles. The summed E-state index contributed by atoms with van der Waals surface area (Å²) in [6.07, 6.45) is 0.908. The maximum absolute atomic E-state index is 10.9. The van der Waals surface area contributed by atoms with Gasteiger partial charge in [-0.3, -0.25) is 4.79 Å². The van der Waals surface area contributed by atoms with Crippen molar-refractivity contribution in [3.63, 3.8) is 0 Å². The zero-order valence-corrected chi connectivity index (χ0v) is 8.28. The third kappa shape index (κ3) is 3.32. The normalized spacial score (nSPS) is 34.2. The average Bonchev–Trinajstić information content (AvgIpc) is 2.02. The Morgan fingerprint density at radius 1 is 1.38 bits per heavy atom. The van der Waals surface area contributed by atoms with Gasteiger partial charge in [0.1, 0.15) is 0 Å². The van der Waals surface area contributed by atoms with Crippen LogP contribution in [0.1, 0.15) is 26.7 Å². The molecule has 1 aliphatic rings. The molecule has 0 N–H and O–H groups in total. The molecular weight excluding hydrogens is 172 g/mol. The van der Waals surface area contributed by atoms with Gasteiger partial charge in [0.25, 0.3) is 0 Å². The minimum atomic E-state index is -0.439. The third-order valence-corrected chi connectivity index (χ3v) is 1.99. The summed E-state index contributed by atoms with van der Waals surface area (Å²) >= 11 is 0. The molecule has 0 saturated carbocycles. The van der Waals surface area contributed by atoms with Gasteiger partial charge in [-0.05, 0) is 20.3 Å². The van der Waals surface area contributed by atoms with Gasteiger partial charge in [0.15, 0.2) is 6.29 Å². The number of carbonyl (C=O) groups is 1. The molecule has 0 bridgehead atoms. The lowest BCUT2D eigenvalue weighted by Crippen LogP contribution is -2.36. The number of hydrogen-bond acceptors (Lipinski definition) is 4. The molecule has 0 aliphatic carbocycles. The van der Waals surface area contributed by atoms with Crippen molar-refractivity contribution in [2.45, 2.75) is 45.2 Å². The minimum absolute atomic E-state index is 0.151. The molecule has 0 aromatic carbocycles. The molecule has 4 nitrogen and oxygen atoms in total. The summed E-state index contributed by atoms with van der Waals surface area (Å²) in [5.41, 5.74) is 0. The number of esters is 1. The second kappa shape index (κ2) is 4.58. The van der Waals surface area contributed by atoms with Crippen LogP contribution in [-0.2, 0) is 19.0 Å². The standard InChI is InChI=1S/C9H16O4/c1-6-4-7(2)13-9(12-6)5-8(10)11-3/h6-7,9H,4-5H2,1-3H3/t6-,7-/m1/s1. The van der Waals surface area contributed by atoms with Crippen LogP contribution in [0.4, 0.5) is 0 Å². The highest BCUT2D eigenvalue weighted by Crippen LogP contribution is 2.19. The van der Waals surface area contributed by atoms with E-state index in [1.165, 1.54) is 7.11 Å². The van der Waals surface area contributed by atoms with Gasteiger partial charge in [0, 0.05) is 0 Å². The SMILES string of the molecule is COC(=O)CC1O[C@H](C)C[C@@H](C)O1. The summed E-state index contributed by atoms with van der Waals surface area (Å²) in [5.74, 6) is -0.300. The highest BCUT2D eigenvalue weighted by molar-refractivity contribution is 5.69. The van der Waals surface area contributed by atoms with Gasteiger partial charge >= 0.3 is 5.97 Å². The molecule has 0 spiro atoms. The van der Waals surface area contributed by atoms with E-state index >= 15 is 0 Å². The van der Waals surface area contributed by atoms with Gasteiger partial charge in [0.2, 0.25) is 0 Å². The van der Waals surface area contributed by atoms with Crippen LogP contribution in [0, 0.1) is 0 Å². The fourth-order valence-electron chi connectivity index (χ4n) is 1.44. The Hall–Kier alpha value is -0.610. The van der Waals surface area contributed by atoms with Crippen molar-refractivity contribution in [1.29, 1.82) is 0 Å². The van der Waals surface area contributed by atoms with Gasteiger partial charge in [-0.2, -0.15) is 0 Å². The summed E-state index contributed by atoms with van der Waals surface area (Å²) in [7, 11) is 1.36. The summed E-state index contributed by atoms with van der Waals surface area (Å²) in [6, 6.07) is 0. The topological polar surface area (TPSA) is 44.8 Å². The highest BCUT2D eigenvalue weighted by atomic mass is 16.7. The van der Waals surface area contributed by atoms with E-state index in [0.717, 1.165) is 6.42 Å². The van der Waals surface area contributed by atoms with Gasteiger partial charge in [0.05, 0.1) is 25.7 Å². The number of methoxy groups -OCH3 is 1. The first-order chi connectivity index (χ1) is 6.11. The van der Waals surface area contributed by atoms with Crippen LogP contribution >= 0.6 is 0 Å². The summed E-state index contributed by atoms with van der Waals surface area (Å²) in [5, 5.41) is 0. The number of carbonyl (C=O) groups excluding carboxylic acids is 1. The van der Waals surface area contributed by atoms with E-state index in [9.17, 15) is 4.79 Å². The largest absolute Gasteiger partial charge is 0.469 e. The molecule has 1 saturated heterocycles. The van der Waals surface area contributed by atoms with E-state index in [1.807, 2.05) is 13.8 Å². The first-order valence-corrected chi connectivity index (χ1v) is 4.49. The van der Waals surface area contributed by atoms with Gasteiger partial charge in [-0.25, -0.2) is 0 Å². The van der Waals surface area contributed by atoms with E-state index in [1.54, 1.807) is 0 Å². The van der Waals surface area contributed by atoms with E-state index in [0.29, 0.717) is 0 Å². The molecule has 2 atom stereocenters. The van der Waals surface area contributed by atoms with Crippen LogP contribution in [0.3, 0.4) is 0 Å². The first-order valence-electron chi connectivity index (χ1n) is 4.49. The molecule has 4 heteroatoms. The molecule has 76 valence electrons. The fourth-order valence-corrected chi connectivity index (χ4v) is 1.44. The van der Waals surface area contributed by atoms with Gasteiger partial charge in [-0.15, -0.1) is 0 Å². The van der Waals surface area contributed by atoms with Crippen molar-refractivity contribution >= 4 is 5.97 Å². The average molecular weight is 188 g/mol. The van der Waals surface area contributed by atoms with Crippen molar-refractivity contribution in [3.8, 4) is 0 Å². The molecule has 0 radical (unpaired) electrons. The highest BCUT2D eigenvalue weighted by Gasteiger charge is 2.26. The smallest absolute Gasteiger partial charge is 0.310 e. The predicted molar refractivity (Wildman–Crippen MR) is 46.1 cm³/mol. The van der Waals surface area contributed by atoms with Crippen LogP contribution in [0.5, 0.6) is 0 Å². The fraction of sp³-hybridized carbons (Fsp3) is 0.889. The number of hydrogen-bond donors (Lipinski definition) is 0. The van der Waals surface area contributed by atoms with Crippen molar-refractivity contribution in [3.05, 3.63) is 0 Å². The Morgan fingerprint density at radius 3 is 2.38 bits per heavy atom. The molecule has 0 aromatic rings. The Morgan fingerprint density at radius 2 is 1.92 bits per heavy atom. The van der Waals surface area contributed by atoms with Crippen molar-refractivity contribution in [1.82, 2.24) is 0 Å². The van der Waals surface area contributed by atoms with Crippen molar-refractivity contribution in [2.75, 3.05) is 7.11 Å². The van der Waals surface area contributed by atoms with E-state index in [-0.39, 0.29) is 24.6 Å². The quantitative estimate of drug-likeness (QED) is 0.608. The molecule has 1 rings (SSSR count). The monoisotopic (exact) mass is 188 g/mol. The maximum Gasteiger partial charge on any atom is 0.310 e. The second-order valence-electron chi connectivity index (χ2n) is 3.34. The lowest BCUT2D eigenvalue weighted by Gasteiger charge is -2.31. The molecule has 1 fully saturated rings. The molecule has 0 aromatic heterocycles. The molecule has 0 unspecified atom stereocenters. The minimum Gasteiger partial charge on any atom is -0.469 e. The maximum atomic E-state index is 10.9. The van der Waals surface area contributed by atoms with E-state index in [4.69, 9.17) is 9.47 Å². The summed E-state index contributed by atoms with van der Waals surface area (Å²) < 4.78 is 15.3. The van der Waals surface area contributed by atoms with Crippen molar-refractivity contribution < 1.29 is 19.0 Å².